The largest absolute Gasteiger partial charge is 0.490 e. The molecule has 2 aliphatic rings. The predicted molar refractivity (Wildman–Crippen MR) is 161 cm³/mol. The number of rotatable bonds is 9. The van der Waals surface area contributed by atoms with Crippen molar-refractivity contribution in [2.24, 2.45) is 5.10 Å². The first-order chi connectivity index (χ1) is 19.0. The zero-order valence-electron chi connectivity index (χ0n) is 23.0. The molecule has 0 saturated carbocycles. The first-order valence-electron chi connectivity index (χ1n) is 13.6. The Hall–Kier alpha value is -2.71. The summed E-state index contributed by atoms with van der Waals surface area (Å²) in [7, 11) is 4.07. The van der Waals surface area contributed by atoms with Crippen LogP contribution < -0.4 is 9.47 Å². The summed E-state index contributed by atoms with van der Waals surface area (Å²) in [5.74, 6) is 1.53. The maximum absolute atomic E-state index is 6.47. The fourth-order valence-corrected chi connectivity index (χ4v) is 6.32. The fraction of sp³-hybridized carbons (Fsp3) is 0.387. The van der Waals surface area contributed by atoms with Gasteiger partial charge in [0.15, 0.2) is 11.5 Å². The third-order valence-corrected chi connectivity index (χ3v) is 8.55. The topological polar surface area (TPSA) is 40.5 Å². The minimum absolute atomic E-state index is 0.301. The van der Waals surface area contributed by atoms with E-state index in [1.165, 1.54) is 20.9 Å². The average Bonchev–Trinajstić information content (AvgIpc) is 3.10. The van der Waals surface area contributed by atoms with E-state index in [4.69, 9.17) is 26.2 Å². The van der Waals surface area contributed by atoms with Gasteiger partial charge in [0.05, 0.1) is 12.8 Å². The Morgan fingerprint density at radius 2 is 1.79 bits per heavy atom. The van der Waals surface area contributed by atoms with Gasteiger partial charge in [-0.15, -0.1) is 0 Å². The summed E-state index contributed by atoms with van der Waals surface area (Å²) in [4.78, 5) is 7.33. The molecule has 6 nitrogen and oxygen atoms in total. The van der Waals surface area contributed by atoms with Crippen LogP contribution in [0.5, 0.6) is 11.5 Å². The van der Waals surface area contributed by atoms with Crippen molar-refractivity contribution in [2.45, 2.75) is 29.2 Å². The first kappa shape index (κ1) is 27.8. The molecule has 2 aliphatic heterocycles. The van der Waals surface area contributed by atoms with Gasteiger partial charge in [-0.05, 0) is 86.6 Å². The normalized spacial score (nSPS) is 17.7. The highest BCUT2D eigenvalue weighted by molar-refractivity contribution is 7.99. The molecular formula is C31H37ClN4O2S. The molecule has 2 heterocycles. The van der Waals surface area contributed by atoms with Crippen molar-refractivity contribution < 1.29 is 9.47 Å². The Morgan fingerprint density at radius 3 is 2.59 bits per heavy atom. The number of hydrazone groups is 1. The van der Waals surface area contributed by atoms with Gasteiger partial charge >= 0.3 is 0 Å². The number of benzene rings is 3. The second-order valence-corrected chi connectivity index (χ2v) is 11.7. The van der Waals surface area contributed by atoms with E-state index >= 15 is 0 Å². The van der Waals surface area contributed by atoms with Crippen LogP contribution in [0.25, 0.3) is 0 Å². The third-order valence-electron chi connectivity index (χ3n) is 7.10. The lowest BCUT2D eigenvalue weighted by Crippen LogP contribution is -2.46. The second-order valence-electron chi connectivity index (χ2n) is 10.1. The Labute approximate surface area is 241 Å². The van der Waals surface area contributed by atoms with Crippen molar-refractivity contribution >= 4 is 29.6 Å². The van der Waals surface area contributed by atoms with Gasteiger partial charge in [-0.1, -0.05) is 41.6 Å². The lowest BCUT2D eigenvalue weighted by molar-refractivity contribution is 0.0970. The number of hydrogen-bond acceptors (Lipinski definition) is 7. The quantitative estimate of drug-likeness (QED) is 0.293. The molecule has 0 radical (unpaired) electrons. The number of ether oxygens (including phenoxy) is 2. The maximum atomic E-state index is 6.47. The molecule has 0 aliphatic carbocycles. The van der Waals surface area contributed by atoms with Crippen LogP contribution in [0, 0.1) is 0 Å². The van der Waals surface area contributed by atoms with E-state index in [9.17, 15) is 0 Å². The molecule has 0 spiro atoms. The SMILES string of the molecule is CCOc1cc(/C=N\N2CCN([C@H]3Cc4ccccc4Sc4ccc(Cl)cc43)CC2)ccc1OCCN(C)C. The summed E-state index contributed by atoms with van der Waals surface area (Å²) < 4.78 is 11.8. The molecule has 39 heavy (non-hydrogen) atoms. The molecule has 0 N–H and O–H groups in total. The van der Waals surface area contributed by atoms with Crippen molar-refractivity contribution in [1.82, 2.24) is 14.8 Å². The van der Waals surface area contributed by atoms with Crippen molar-refractivity contribution in [3.63, 3.8) is 0 Å². The molecule has 3 aromatic rings. The second kappa shape index (κ2) is 13.1. The smallest absolute Gasteiger partial charge is 0.161 e. The molecule has 1 fully saturated rings. The summed E-state index contributed by atoms with van der Waals surface area (Å²) in [6.45, 7) is 7.70. The number of halogens is 1. The van der Waals surface area contributed by atoms with Gasteiger partial charge < -0.3 is 14.4 Å². The van der Waals surface area contributed by atoms with Crippen molar-refractivity contribution in [3.05, 3.63) is 82.4 Å². The van der Waals surface area contributed by atoms with Crippen LogP contribution in [0.3, 0.4) is 0 Å². The zero-order valence-corrected chi connectivity index (χ0v) is 24.5. The summed E-state index contributed by atoms with van der Waals surface area (Å²) in [5.41, 5.74) is 3.73. The van der Waals surface area contributed by atoms with Gasteiger partial charge in [-0.25, -0.2) is 0 Å². The maximum Gasteiger partial charge on any atom is 0.161 e. The van der Waals surface area contributed by atoms with E-state index in [1.807, 2.05) is 63.3 Å². The summed E-state index contributed by atoms with van der Waals surface area (Å²) in [6.07, 6.45) is 2.92. The van der Waals surface area contributed by atoms with Crippen molar-refractivity contribution in [2.75, 3.05) is 60.0 Å². The van der Waals surface area contributed by atoms with Crippen LogP contribution in [-0.2, 0) is 6.42 Å². The summed E-state index contributed by atoms with van der Waals surface area (Å²) >= 11 is 8.33. The van der Waals surface area contributed by atoms with E-state index < -0.39 is 0 Å². The molecule has 0 unspecified atom stereocenters. The molecule has 206 valence electrons. The predicted octanol–water partition coefficient (Wildman–Crippen LogP) is 6.08. The Balaban J connectivity index is 1.25. The van der Waals surface area contributed by atoms with Crippen molar-refractivity contribution in [3.8, 4) is 11.5 Å². The minimum Gasteiger partial charge on any atom is -0.490 e. The summed E-state index contributed by atoms with van der Waals surface area (Å²) in [6, 6.07) is 21.4. The van der Waals surface area contributed by atoms with Crippen molar-refractivity contribution in [1.29, 1.82) is 0 Å². The van der Waals surface area contributed by atoms with Gasteiger partial charge in [-0.2, -0.15) is 5.10 Å². The number of piperazine rings is 1. The van der Waals surface area contributed by atoms with E-state index in [2.05, 4.69) is 51.2 Å². The minimum atomic E-state index is 0.301. The van der Waals surface area contributed by atoms with E-state index in [0.29, 0.717) is 19.3 Å². The monoisotopic (exact) mass is 564 g/mol. The lowest BCUT2D eigenvalue weighted by Gasteiger charge is -2.38. The number of fused-ring (bicyclic) bond motifs is 2. The van der Waals surface area contributed by atoms with E-state index in [1.54, 1.807) is 0 Å². The van der Waals surface area contributed by atoms with Gasteiger partial charge in [0.2, 0.25) is 0 Å². The van der Waals surface area contributed by atoms with Gasteiger partial charge in [0.1, 0.15) is 6.61 Å². The Kier molecular flexibility index (Phi) is 9.35. The van der Waals surface area contributed by atoms with Crippen LogP contribution in [-0.4, -0.2) is 81.1 Å². The first-order valence-corrected chi connectivity index (χ1v) is 14.8. The standard InChI is InChI=1S/C31H37ClN4O2S/c1-4-37-29-19-23(9-11-28(29)38-18-17-34(2)3)22-33-36-15-13-35(14-16-36)27-20-24-7-5-6-8-30(24)39-31-12-10-25(32)21-26(27)31/h5-12,19,21-22,27H,4,13-18,20H2,1-3H3/b33-22-/t27-/m0/s1. The average molecular weight is 565 g/mol. The number of hydrogen-bond donors (Lipinski definition) is 0. The lowest BCUT2D eigenvalue weighted by atomic mass is 9.97. The fourth-order valence-electron chi connectivity index (χ4n) is 5.02. The van der Waals surface area contributed by atoms with Crippen LogP contribution in [0.15, 0.2) is 75.6 Å². The summed E-state index contributed by atoms with van der Waals surface area (Å²) in [5, 5.41) is 7.78. The molecule has 0 bridgehead atoms. The van der Waals surface area contributed by atoms with Crippen LogP contribution >= 0.6 is 23.4 Å². The molecule has 0 amide bonds. The van der Waals surface area contributed by atoms with E-state index in [-0.39, 0.29) is 0 Å². The van der Waals surface area contributed by atoms with Crippen LogP contribution in [0.4, 0.5) is 0 Å². The molecule has 1 atom stereocenters. The molecule has 0 aromatic heterocycles. The van der Waals surface area contributed by atoms with Crippen LogP contribution in [0.1, 0.15) is 29.7 Å². The van der Waals surface area contributed by atoms with Gasteiger partial charge in [0.25, 0.3) is 0 Å². The molecule has 5 rings (SSSR count). The number of likely N-dealkylation sites (N-methyl/N-ethyl adjacent to an activating group) is 1. The molecule has 3 aromatic carbocycles. The highest BCUT2D eigenvalue weighted by Gasteiger charge is 2.30. The highest BCUT2D eigenvalue weighted by Crippen LogP contribution is 2.43. The van der Waals surface area contributed by atoms with E-state index in [0.717, 1.165) is 61.2 Å². The Bertz CT molecular complexity index is 1290. The van der Waals surface area contributed by atoms with Gasteiger partial charge in [-0.3, -0.25) is 9.91 Å². The van der Waals surface area contributed by atoms with Crippen LogP contribution in [0.2, 0.25) is 5.02 Å². The highest BCUT2D eigenvalue weighted by atomic mass is 35.5. The zero-order chi connectivity index (χ0) is 27.2. The Morgan fingerprint density at radius 1 is 0.974 bits per heavy atom. The molecule has 8 heteroatoms. The number of nitrogens with zero attached hydrogens (tertiary/aromatic N) is 4. The molecular weight excluding hydrogens is 528 g/mol. The molecule has 1 saturated heterocycles. The third kappa shape index (κ3) is 7.09. The van der Waals surface area contributed by atoms with Gasteiger partial charge in [0, 0.05) is 53.6 Å².